The second kappa shape index (κ2) is 7.24. The fourth-order valence-corrected chi connectivity index (χ4v) is 2.57. The molecule has 21 heavy (non-hydrogen) atoms. The zero-order valence-corrected chi connectivity index (χ0v) is 12.8. The highest BCUT2D eigenvalue weighted by Gasteiger charge is 2.60. The van der Waals surface area contributed by atoms with Crippen molar-refractivity contribution in [1.82, 2.24) is 5.32 Å². The molecule has 0 saturated heterocycles. The number of methoxy groups -OCH3 is 1. The van der Waals surface area contributed by atoms with Crippen molar-refractivity contribution in [3.05, 3.63) is 0 Å². The van der Waals surface area contributed by atoms with Gasteiger partial charge in [0.25, 0.3) is 0 Å². The monoisotopic (exact) mass is 335 g/mol. The van der Waals surface area contributed by atoms with E-state index in [2.05, 4.69) is 13.8 Å². The predicted molar refractivity (Wildman–Crippen MR) is 65.9 cm³/mol. The Labute approximate surface area is 119 Å². The van der Waals surface area contributed by atoms with Gasteiger partial charge in [-0.3, -0.25) is 4.79 Å². The minimum Gasteiger partial charge on any atom is -0.467 e. The van der Waals surface area contributed by atoms with Crippen LogP contribution in [0.15, 0.2) is 0 Å². The highest BCUT2D eigenvalue weighted by atomic mass is 31.2. The molecule has 1 unspecified atom stereocenters. The molecule has 7 nitrogen and oxygen atoms in total. The van der Waals surface area contributed by atoms with E-state index in [0.29, 0.717) is 6.92 Å². The van der Waals surface area contributed by atoms with Gasteiger partial charge in [0.1, 0.15) is 0 Å². The van der Waals surface area contributed by atoms with Crippen molar-refractivity contribution in [2.75, 3.05) is 20.3 Å². The molecular formula is C10H17F3NO6P. The largest absolute Gasteiger partial charge is 0.467 e. The normalized spacial score (nSPS) is 15.2. The van der Waals surface area contributed by atoms with Gasteiger partial charge in [0.2, 0.25) is 5.54 Å². The molecule has 0 radical (unpaired) electrons. The van der Waals surface area contributed by atoms with Crippen LogP contribution in [-0.4, -0.2) is 43.7 Å². The van der Waals surface area contributed by atoms with E-state index >= 15 is 0 Å². The Hall–Kier alpha value is -1.12. The standard InChI is InChI=1S/C10H17F3NO6P/c1-5-19-21(17,20-6-2)8(16)14-9(3,7(15)18-4)10(11,12)13/h5-6H2,1-4H3,(H,14,16). The molecule has 0 aromatic rings. The van der Waals surface area contributed by atoms with Crippen molar-refractivity contribution in [3.63, 3.8) is 0 Å². The molecule has 124 valence electrons. The van der Waals surface area contributed by atoms with Gasteiger partial charge in [0.15, 0.2) is 0 Å². The van der Waals surface area contributed by atoms with E-state index in [1.54, 1.807) is 0 Å². The first-order valence-electron chi connectivity index (χ1n) is 5.85. The van der Waals surface area contributed by atoms with Gasteiger partial charge in [-0.15, -0.1) is 0 Å². The average molecular weight is 335 g/mol. The summed E-state index contributed by atoms with van der Waals surface area (Å²) >= 11 is 0. The van der Waals surface area contributed by atoms with Crippen LogP contribution in [0.2, 0.25) is 0 Å². The van der Waals surface area contributed by atoms with Crippen LogP contribution in [0.25, 0.3) is 0 Å². The topological polar surface area (TPSA) is 90.9 Å². The second-order valence-electron chi connectivity index (χ2n) is 3.88. The van der Waals surface area contributed by atoms with Crippen LogP contribution >= 0.6 is 7.60 Å². The summed E-state index contributed by atoms with van der Waals surface area (Å²) < 4.78 is 64.2. The molecule has 0 aliphatic carbocycles. The summed E-state index contributed by atoms with van der Waals surface area (Å²) in [6.07, 6.45) is -5.17. The Kier molecular flexibility index (Phi) is 6.85. The minimum absolute atomic E-state index is 0.231. The quantitative estimate of drug-likeness (QED) is 0.568. The number of rotatable bonds is 7. The maximum atomic E-state index is 13.0. The summed E-state index contributed by atoms with van der Waals surface area (Å²) in [4.78, 5) is 23.1. The van der Waals surface area contributed by atoms with Crippen molar-refractivity contribution < 1.29 is 41.1 Å². The van der Waals surface area contributed by atoms with Crippen LogP contribution in [0.1, 0.15) is 20.8 Å². The Morgan fingerprint density at radius 3 is 1.86 bits per heavy atom. The molecule has 11 heteroatoms. The van der Waals surface area contributed by atoms with E-state index in [0.717, 1.165) is 7.11 Å². The maximum absolute atomic E-state index is 13.0. The summed E-state index contributed by atoms with van der Waals surface area (Å²) in [6, 6.07) is 0. The van der Waals surface area contributed by atoms with Crippen LogP contribution in [0.3, 0.4) is 0 Å². The molecule has 1 atom stereocenters. The Morgan fingerprint density at radius 1 is 1.14 bits per heavy atom. The summed E-state index contributed by atoms with van der Waals surface area (Å²) in [7, 11) is -3.76. The lowest BCUT2D eigenvalue weighted by atomic mass is 10.0. The van der Waals surface area contributed by atoms with Crippen molar-refractivity contribution in [2.45, 2.75) is 32.5 Å². The first kappa shape index (κ1) is 19.9. The van der Waals surface area contributed by atoms with Gasteiger partial charge >= 0.3 is 25.4 Å². The Balaban J connectivity index is 5.50. The molecule has 0 aliphatic heterocycles. The highest BCUT2D eigenvalue weighted by Crippen LogP contribution is 2.49. The molecule has 0 bridgehead atoms. The number of amides is 1. The molecule has 0 aliphatic rings. The molecule has 1 amide bonds. The maximum Gasteiger partial charge on any atom is 0.422 e. The summed E-state index contributed by atoms with van der Waals surface area (Å²) in [6.45, 7) is 2.68. The van der Waals surface area contributed by atoms with Gasteiger partial charge in [-0.25, -0.2) is 9.36 Å². The zero-order valence-electron chi connectivity index (χ0n) is 11.9. The zero-order chi connectivity index (χ0) is 16.9. The number of hydrogen-bond donors (Lipinski definition) is 1. The third-order valence-electron chi connectivity index (χ3n) is 2.36. The third-order valence-corrected chi connectivity index (χ3v) is 4.17. The fraction of sp³-hybridized carbons (Fsp3) is 0.800. The first-order valence-corrected chi connectivity index (χ1v) is 7.39. The van der Waals surface area contributed by atoms with Gasteiger partial charge in [-0.2, -0.15) is 13.2 Å². The fourth-order valence-electron chi connectivity index (χ4n) is 1.22. The van der Waals surface area contributed by atoms with Gasteiger partial charge in [0, 0.05) is 0 Å². The molecule has 0 heterocycles. The number of halogens is 3. The molecule has 0 aromatic carbocycles. The lowest BCUT2D eigenvalue weighted by Gasteiger charge is -2.30. The number of carbonyl (C=O) groups is 2. The lowest BCUT2D eigenvalue weighted by molar-refractivity contribution is -0.205. The van der Waals surface area contributed by atoms with Gasteiger partial charge < -0.3 is 19.1 Å². The SMILES string of the molecule is CCOP(=O)(OCC)C(=O)NC(C)(C(=O)OC)C(F)(F)F. The minimum atomic E-state index is -5.17. The van der Waals surface area contributed by atoms with Gasteiger partial charge in [-0.1, -0.05) is 0 Å². The second-order valence-corrected chi connectivity index (χ2v) is 5.80. The molecule has 0 rings (SSSR count). The van der Waals surface area contributed by atoms with Crippen LogP contribution in [0.5, 0.6) is 0 Å². The van der Waals surface area contributed by atoms with Crippen molar-refractivity contribution in [2.24, 2.45) is 0 Å². The number of nitrogens with one attached hydrogen (secondary N) is 1. The van der Waals surface area contributed by atoms with Crippen molar-refractivity contribution in [3.8, 4) is 0 Å². The number of ether oxygens (including phenoxy) is 1. The molecule has 0 saturated carbocycles. The lowest BCUT2D eigenvalue weighted by Crippen LogP contribution is -2.62. The number of carbonyl (C=O) groups excluding carboxylic acids is 2. The van der Waals surface area contributed by atoms with Crippen LogP contribution in [0.4, 0.5) is 18.0 Å². The van der Waals surface area contributed by atoms with Gasteiger partial charge in [0.05, 0.1) is 20.3 Å². The smallest absolute Gasteiger partial charge is 0.422 e. The van der Waals surface area contributed by atoms with Crippen LogP contribution in [0, 0.1) is 0 Å². The molecule has 0 spiro atoms. The number of esters is 1. The predicted octanol–water partition coefficient (Wildman–Crippen LogP) is 2.46. The number of hydrogen-bond acceptors (Lipinski definition) is 6. The average Bonchev–Trinajstić information content (AvgIpc) is 2.36. The van der Waals surface area contributed by atoms with E-state index in [9.17, 15) is 27.3 Å². The van der Waals surface area contributed by atoms with Crippen molar-refractivity contribution in [1.29, 1.82) is 0 Å². The van der Waals surface area contributed by atoms with Crippen LogP contribution in [-0.2, 0) is 23.1 Å². The summed E-state index contributed by atoms with van der Waals surface area (Å²) in [5.74, 6) is -1.76. The molecule has 0 aromatic heterocycles. The summed E-state index contributed by atoms with van der Waals surface area (Å²) in [5.41, 5.74) is -5.04. The number of alkyl halides is 3. The molecule has 0 fully saturated rings. The van der Waals surface area contributed by atoms with E-state index in [-0.39, 0.29) is 13.2 Å². The summed E-state index contributed by atoms with van der Waals surface area (Å²) in [5, 5.41) is 1.34. The molecular weight excluding hydrogens is 318 g/mol. The molecule has 1 N–H and O–H groups in total. The Morgan fingerprint density at radius 2 is 1.57 bits per heavy atom. The highest BCUT2D eigenvalue weighted by molar-refractivity contribution is 7.71. The van der Waals surface area contributed by atoms with E-state index in [1.165, 1.54) is 19.2 Å². The van der Waals surface area contributed by atoms with Crippen molar-refractivity contribution >= 4 is 19.2 Å². The van der Waals surface area contributed by atoms with Gasteiger partial charge in [-0.05, 0) is 20.8 Å². The first-order chi connectivity index (χ1) is 9.48. The Bertz CT molecular complexity index is 431. The third kappa shape index (κ3) is 4.42. The van der Waals surface area contributed by atoms with E-state index in [4.69, 9.17) is 0 Å². The van der Waals surface area contributed by atoms with Crippen LogP contribution < -0.4 is 5.32 Å². The van der Waals surface area contributed by atoms with E-state index in [1.807, 2.05) is 0 Å². The van der Waals surface area contributed by atoms with E-state index < -0.39 is 30.9 Å².